The number of nitrogens with one attached hydrogen (secondary N) is 2. The molecular formula is C11H13N3O4S. The summed E-state index contributed by atoms with van der Waals surface area (Å²) in [6.45, 7) is 0.353. The SMILES string of the molecule is COC(=O)CCNC(=S)Nc1ccc([N+](=O)[O-])cc1. The second kappa shape index (κ2) is 7.27. The number of nitro benzene ring substituents is 1. The highest BCUT2D eigenvalue weighted by molar-refractivity contribution is 7.80. The number of thiocarbonyl (C=S) groups is 1. The van der Waals surface area contributed by atoms with Crippen molar-refractivity contribution in [1.29, 1.82) is 0 Å². The van der Waals surface area contributed by atoms with Crippen molar-refractivity contribution in [2.24, 2.45) is 0 Å². The molecule has 0 unspecified atom stereocenters. The molecule has 1 aromatic carbocycles. The van der Waals surface area contributed by atoms with Gasteiger partial charge in [-0.25, -0.2) is 0 Å². The molecule has 0 spiro atoms. The molecule has 7 nitrogen and oxygen atoms in total. The Labute approximate surface area is 115 Å². The van der Waals surface area contributed by atoms with Gasteiger partial charge in [-0.1, -0.05) is 0 Å². The summed E-state index contributed by atoms with van der Waals surface area (Å²) in [5, 5.41) is 16.5. The number of nitrogens with zero attached hydrogens (tertiary/aromatic N) is 1. The Morgan fingerprint density at radius 1 is 1.42 bits per heavy atom. The lowest BCUT2D eigenvalue weighted by Crippen LogP contribution is -2.30. The zero-order chi connectivity index (χ0) is 14.3. The fourth-order valence-electron chi connectivity index (χ4n) is 1.22. The zero-order valence-electron chi connectivity index (χ0n) is 10.2. The number of methoxy groups -OCH3 is 1. The van der Waals surface area contributed by atoms with Gasteiger partial charge in [-0.2, -0.15) is 0 Å². The van der Waals surface area contributed by atoms with E-state index >= 15 is 0 Å². The van der Waals surface area contributed by atoms with Gasteiger partial charge in [-0.15, -0.1) is 0 Å². The first-order valence-corrected chi connectivity index (χ1v) is 5.80. The first-order chi connectivity index (χ1) is 9.02. The van der Waals surface area contributed by atoms with Gasteiger partial charge in [0, 0.05) is 24.4 Å². The summed E-state index contributed by atoms with van der Waals surface area (Å²) in [6.07, 6.45) is 0.207. The van der Waals surface area contributed by atoms with E-state index in [4.69, 9.17) is 12.2 Å². The number of hydrogen-bond donors (Lipinski definition) is 2. The monoisotopic (exact) mass is 283 g/mol. The summed E-state index contributed by atoms with van der Waals surface area (Å²) in [4.78, 5) is 20.9. The van der Waals surface area contributed by atoms with Crippen LogP contribution >= 0.6 is 12.2 Å². The van der Waals surface area contributed by atoms with Crippen LogP contribution in [0.1, 0.15) is 6.42 Å². The largest absolute Gasteiger partial charge is 0.469 e. The third-order valence-corrected chi connectivity index (χ3v) is 2.42. The molecule has 19 heavy (non-hydrogen) atoms. The van der Waals surface area contributed by atoms with Crippen LogP contribution in [-0.4, -0.2) is 29.7 Å². The summed E-state index contributed by atoms with van der Waals surface area (Å²) in [7, 11) is 1.32. The van der Waals surface area contributed by atoms with E-state index in [-0.39, 0.29) is 18.1 Å². The number of carbonyl (C=O) groups excluding carboxylic acids is 1. The Kier molecular flexibility index (Phi) is 5.68. The van der Waals surface area contributed by atoms with Gasteiger partial charge in [0.1, 0.15) is 0 Å². The van der Waals surface area contributed by atoms with Crippen molar-refractivity contribution >= 4 is 34.7 Å². The van der Waals surface area contributed by atoms with Gasteiger partial charge in [0.15, 0.2) is 5.11 Å². The first-order valence-electron chi connectivity index (χ1n) is 5.39. The molecule has 0 saturated carbocycles. The molecule has 8 heteroatoms. The van der Waals surface area contributed by atoms with E-state index in [1.54, 1.807) is 12.1 Å². The third-order valence-electron chi connectivity index (χ3n) is 2.18. The summed E-state index contributed by atoms with van der Waals surface area (Å²) in [5.41, 5.74) is 0.635. The van der Waals surface area contributed by atoms with Crippen LogP contribution in [0.5, 0.6) is 0 Å². The highest BCUT2D eigenvalue weighted by Crippen LogP contribution is 2.15. The first kappa shape index (κ1) is 14.8. The second-order valence-electron chi connectivity index (χ2n) is 3.51. The van der Waals surface area contributed by atoms with E-state index in [1.165, 1.54) is 19.2 Å². The van der Waals surface area contributed by atoms with Crippen molar-refractivity contribution in [2.75, 3.05) is 19.0 Å². The average molecular weight is 283 g/mol. The van der Waals surface area contributed by atoms with Gasteiger partial charge in [-0.3, -0.25) is 14.9 Å². The molecule has 0 atom stereocenters. The minimum atomic E-state index is -0.475. The molecule has 0 aliphatic heterocycles. The third kappa shape index (κ3) is 5.30. The molecule has 1 aromatic rings. The predicted molar refractivity (Wildman–Crippen MR) is 74.0 cm³/mol. The molecule has 0 radical (unpaired) electrons. The number of non-ortho nitro benzene ring substituents is 1. The Morgan fingerprint density at radius 3 is 2.58 bits per heavy atom. The smallest absolute Gasteiger partial charge is 0.307 e. The van der Waals surface area contributed by atoms with Crippen molar-refractivity contribution in [3.8, 4) is 0 Å². The second-order valence-corrected chi connectivity index (χ2v) is 3.92. The van der Waals surface area contributed by atoms with Crippen molar-refractivity contribution in [2.45, 2.75) is 6.42 Å². The minimum Gasteiger partial charge on any atom is -0.469 e. The Bertz CT molecular complexity index is 475. The average Bonchev–Trinajstić information content (AvgIpc) is 2.39. The molecule has 0 saturated heterocycles. The van der Waals surface area contributed by atoms with Crippen LogP contribution < -0.4 is 10.6 Å². The number of nitro groups is 1. The van der Waals surface area contributed by atoms with Gasteiger partial charge >= 0.3 is 5.97 Å². The maximum Gasteiger partial charge on any atom is 0.307 e. The predicted octanol–water partition coefficient (Wildman–Crippen LogP) is 1.44. The van der Waals surface area contributed by atoms with Crippen LogP contribution in [0.4, 0.5) is 11.4 Å². The summed E-state index contributed by atoms with van der Waals surface area (Å²) < 4.78 is 4.48. The van der Waals surface area contributed by atoms with Crippen LogP contribution in [0.3, 0.4) is 0 Å². The number of anilines is 1. The Balaban J connectivity index is 2.40. The van der Waals surface area contributed by atoms with E-state index in [0.29, 0.717) is 17.3 Å². The van der Waals surface area contributed by atoms with Crippen molar-refractivity contribution in [3.05, 3.63) is 34.4 Å². The number of rotatable bonds is 5. The van der Waals surface area contributed by atoms with Crippen LogP contribution in [0.2, 0.25) is 0 Å². The lowest BCUT2D eigenvalue weighted by molar-refractivity contribution is -0.384. The highest BCUT2D eigenvalue weighted by Gasteiger charge is 2.05. The van der Waals surface area contributed by atoms with Gasteiger partial charge in [0.2, 0.25) is 0 Å². The maximum absolute atomic E-state index is 10.9. The molecule has 0 heterocycles. The van der Waals surface area contributed by atoms with Gasteiger partial charge in [0.25, 0.3) is 5.69 Å². The standard InChI is InChI=1S/C11H13N3O4S/c1-18-10(15)6-7-12-11(19)13-8-2-4-9(5-3-8)14(16)17/h2-5H,6-7H2,1H3,(H2,12,13,19). The van der Waals surface area contributed by atoms with E-state index in [9.17, 15) is 14.9 Å². The molecule has 2 N–H and O–H groups in total. The lowest BCUT2D eigenvalue weighted by Gasteiger charge is -2.09. The van der Waals surface area contributed by atoms with E-state index in [0.717, 1.165) is 0 Å². The van der Waals surface area contributed by atoms with Crippen LogP contribution in [0.25, 0.3) is 0 Å². The lowest BCUT2D eigenvalue weighted by atomic mass is 10.3. The molecule has 0 aliphatic rings. The zero-order valence-corrected chi connectivity index (χ0v) is 11.0. The van der Waals surface area contributed by atoms with Crippen LogP contribution in [-0.2, 0) is 9.53 Å². The highest BCUT2D eigenvalue weighted by atomic mass is 32.1. The maximum atomic E-state index is 10.9. The van der Waals surface area contributed by atoms with Gasteiger partial charge in [-0.05, 0) is 24.4 Å². The molecule has 1 rings (SSSR count). The number of carbonyl (C=O) groups is 1. The molecule has 0 aliphatic carbocycles. The molecule has 0 bridgehead atoms. The molecular weight excluding hydrogens is 270 g/mol. The number of esters is 1. The topological polar surface area (TPSA) is 93.5 Å². The van der Waals surface area contributed by atoms with Gasteiger partial charge < -0.3 is 15.4 Å². The fourth-order valence-corrected chi connectivity index (χ4v) is 1.44. The van der Waals surface area contributed by atoms with Gasteiger partial charge in [0.05, 0.1) is 18.5 Å². The molecule has 0 fully saturated rings. The van der Waals surface area contributed by atoms with Crippen molar-refractivity contribution in [3.63, 3.8) is 0 Å². The minimum absolute atomic E-state index is 0.00937. The summed E-state index contributed by atoms with van der Waals surface area (Å²) >= 11 is 5.00. The molecule has 0 aromatic heterocycles. The van der Waals surface area contributed by atoms with Crippen molar-refractivity contribution in [1.82, 2.24) is 5.32 Å². The Morgan fingerprint density at radius 2 is 2.05 bits per heavy atom. The van der Waals surface area contributed by atoms with Crippen LogP contribution in [0, 0.1) is 10.1 Å². The van der Waals surface area contributed by atoms with E-state index < -0.39 is 4.92 Å². The van der Waals surface area contributed by atoms with Crippen LogP contribution in [0.15, 0.2) is 24.3 Å². The van der Waals surface area contributed by atoms with E-state index in [2.05, 4.69) is 15.4 Å². The summed E-state index contributed by atoms with van der Waals surface area (Å²) in [6, 6.07) is 5.84. The normalized spacial score (nSPS) is 9.53. The Hall–Kier alpha value is -2.22. The number of hydrogen-bond acceptors (Lipinski definition) is 5. The van der Waals surface area contributed by atoms with E-state index in [1.807, 2.05) is 0 Å². The fraction of sp³-hybridized carbons (Fsp3) is 0.273. The summed E-state index contributed by atoms with van der Waals surface area (Å²) in [5.74, 6) is -0.328. The molecule has 0 amide bonds. The quantitative estimate of drug-likeness (QED) is 0.365. The number of ether oxygens (including phenoxy) is 1. The number of benzene rings is 1. The van der Waals surface area contributed by atoms with Crippen molar-refractivity contribution < 1.29 is 14.5 Å². The molecule has 102 valence electrons.